The molecule has 3 heterocycles. The molecule has 0 radical (unpaired) electrons. The number of nitrogens with two attached hydrogens (primary N) is 1. The smallest absolute Gasteiger partial charge is 0.248 e. The van der Waals surface area contributed by atoms with Gasteiger partial charge in [-0.3, -0.25) is 4.79 Å². The molecule has 5 rings (SSSR count). The van der Waals surface area contributed by atoms with Crippen LogP contribution >= 0.6 is 11.6 Å². The Morgan fingerprint density at radius 2 is 1.72 bits per heavy atom. The minimum atomic E-state index is -0.496. The number of pyridine rings is 1. The molecule has 4 aromatic rings. The van der Waals surface area contributed by atoms with Gasteiger partial charge in [0.1, 0.15) is 5.82 Å². The van der Waals surface area contributed by atoms with Gasteiger partial charge in [0.15, 0.2) is 11.5 Å². The molecule has 2 N–H and O–H groups in total. The van der Waals surface area contributed by atoms with Crippen LogP contribution in [0.25, 0.3) is 33.7 Å². The van der Waals surface area contributed by atoms with E-state index in [0.29, 0.717) is 40.8 Å². The summed E-state index contributed by atoms with van der Waals surface area (Å²) in [6, 6.07) is 18.5. The maximum atomic E-state index is 11.7. The van der Waals surface area contributed by atoms with Crippen LogP contribution in [0.15, 0.2) is 60.7 Å². The molecular formula is C24H20ClN5O2. The number of anilines is 1. The number of halogens is 1. The molecule has 0 atom stereocenters. The van der Waals surface area contributed by atoms with Crippen molar-refractivity contribution in [3.8, 4) is 22.6 Å². The van der Waals surface area contributed by atoms with Crippen molar-refractivity contribution in [2.45, 2.75) is 0 Å². The highest BCUT2D eigenvalue weighted by Crippen LogP contribution is 2.30. The van der Waals surface area contributed by atoms with Crippen molar-refractivity contribution in [3.63, 3.8) is 0 Å². The number of aromatic nitrogens is 3. The van der Waals surface area contributed by atoms with Gasteiger partial charge in [-0.15, -0.1) is 0 Å². The van der Waals surface area contributed by atoms with Gasteiger partial charge < -0.3 is 15.4 Å². The molecular weight excluding hydrogens is 426 g/mol. The van der Waals surface area contributed by atoms with Crippen LogP contribution in [0.5, 0.6) is 0 Å². The van der Waals surface area contributed by atoms with Gasteiger partial charge in [-0.1, -0.05) is 35.9 Å². The molecule has 2 aromatic carbocycles. The Morgan fingerprint density at radius 1 is 0.938 bits per heavy atom. The lowest BCUT2D eigenvalue weighted by Crippen LogP contribution is -2.37. The summed E-state index contributed by atoms with van der Waals surface area (Å²) < 4.78 is 5.51. The second-order valence-electron chi connectivity index (χ2n) is 7.49. The second kappa shape index (κ2) is 8.53. The zero-order valence-corrected chi connectivity index (χ0v) is 17.9. The molecule has 160 valence electrons. The predicted octanol–water partition coefficient (Wildman–Crippen LogP) is 3.95. The summed E-state index contributed by atoms with van der Waals surface area (Å²) in [5.41, 5.74) is 8.89. The molecule has 1 aliphatic heterocycles. The average Bonchev–Trinajstić information content (AvgIpc) is 2.84. The summed E-state index contributed by atoms with van der Waals surface area (Å²) in [7, 11) is 0. The topological polar surface area (TPSA) is 94.2 Å². The third-order valence-corrected chi connectivity index (χ3v) is 5.65. The Hall–Kier alpha value is -3.55. The van der Waals surface area contributed by atoms with Crippen LogP contribution in [-0.4, -0.2) is 47.2 Å². The summed E-state index contributed by atoms with van der Waals surface area (Å²) in [6.45, 7) is 2.72. The lowest BCUT2D eigenvalue weighted by Gasteiger charge is -2.28. The number of amides is 1. The molecule has 0 bridgehead atoms. The number of nitrogens with zero attached hydrogens (tertiary/aromatic N) is 4. The van der Waals surface area contributed by atoms with Gasteiger partial charge in [0.25, 0.3) is 0 Å². The molecule has 8 heteroatoms. The summed E-state index contributed by atoms with van der Waals surface area (Å²) in [4.78, 5) is 28.3. The van der Waals surface area contributed by atoms with E-state index in [1.807, 2.05) is 42.5 Å². The number of carbonyl (C=O) groups excluding carboxylic acids is 1. The number of rotatable bonds is 4. The predicted molar refractivity (Wildman–Crippen MR) is 125 cm³/mol. The number of fused-ring (bicyclic) bond motifs is 1. The molecule has 0 saturated carbocycles. The van der Waals surface area contributed by atoms with Gasteiger partial charge in [-0.2, -0.15) is 0 Å². The molecule has 0 aliphatic carbocycles. The van der Waals surface area contributed by atoms with Crippen molar-refractivity contribution < 1.29 is 9.53 Å². The SMILES string of the molecule is NC(=O)c1cccc(-c2nc(N3CCOCC3)c3ccc(-c4ccc(Cl)cc4)nc3n2)c1. The summed E-state index contributed by atoms with van der Waals surface area (Å²) in [5, 5.41) is 1.53. The normalized spacial score (nSPS) is 14.0. The fraction of sp³-hybridized carbons (Fsp3) is 0.167. The van der Waals surface area contributed by atoms with Crippen molar-refractivity contribution in [1.29, 1.82) is 0 Å². The molecule has 7 nitrogen and oxygen atoms in total. The van der Waals surface area contributed by atoms with Crippen LogP contribution in [0.1, 0.15) is 10.4 Å². The third kappa shape index (κ3) is 4.00. The number of benzene rings is 2. The first-order valence-corrected chi connectivity index (χ1v) is 10.6. The quantitative estimate of drug-likeness (QED) is 0.511. The highest BCUT2D eigenvalue weighted by atomic mass is 35.5. The van der Waals surface area contributed by atoms with E-state index in [2.05, 4.69) is 4.90 Å². The first-order chi connectivity index (χ1) is 15.6. The lowest BCUT2D eigenvalue weighted by molar-refractivity contribution is 0.100. The standard InChI is InChI=1S/C24H20ClN5O2/c25-18-6-4-15(5-7-18)20-9-8-19-23(27-20)28-22(17-3-1-2-16(14-17)21(26)31)29-24(19)30-10-12-32-13-11-30/h1-9,14H,10-13H2,(H2,26,31). The van der Waals surface area contributed by atoms with Gasteiger partial charge in [0.2, 0.25) is 5.91 Å². The van der Waals surface area contributed by atoms with E-state index in [9.17, 15) is 4.79 Å². The fourth-order valence-electron chi connectivity index (χ4n) is 3.73. The van der Waals surface area contributed by atoms with Crippen LogP contribution in [0.2, 0.25) is 5.02 Å². The van der Waals surface area contributed by atoms with Gasteiger partial charge in [0.05, 0.1) is 24.3 Å². The van der Waals surface area contributed by atoms with E-state index >= 15 is 0 Å². The Bertz CT molecular complexity index is 1300. The fourth-order valence-corrected chi connectivity index (χ4v) is 3.86. The molecule has 32 heavy (non-hydrogen) atoms. The highest BCUT2D eigenvalue weighted by Gasteiger charge is 2.19. The van der Waals surface area contributed by atoms with Gasteiger partial charge >= 0.3 is 0 Å². The van der Waals surface area contributed by atoms with E-state index in [4.69, 9.17) is 37.0 Å². The molecule has 1 fully saturated rings. The largest absolute Gasteiger partial charge is 0.378 e. The Labute approximate surface area is 189 Å². The zero-order chi connectivity index (χ0) is 22.1. The molecule has 1 saturated heterocycles. The van der Waals surface area contributed by atoms with Crippen LogP contribution in [0.4, 0.5) is 5.82 Å². The van der Waals surface area contributed by atoms with E-state index in [1.54, 1.807) is 18.2 Å². The van der Waals surface area contributed by atoms with Crippen LogP contribution < -0.4 is 10.6 Å². The molecule has 0 spiro atoms. The van der Waals surface area contributed by atoms with E-state index in [1.165, 1.54) is 0 Å². The van der Waals surface area contributed by atoms with Crippen molar-refractivity contribution in [3.05, 3.63) is 71.2 Å². The van der Waals surface area contributed by atoms with Gasteiger partial charge in [0, 0.05) is 34.8 Å². The van der Waals surface area contributed by atoms with Crippen LogP contribution in [0, 0.1) is 0 Å². The van der Waals surface area contributed by atoms with Crippen LogP contribution in [-0.2, 0) is 4.74 Å². The lowest BCUT2D eigenvalue weighted by atomic mass is 10.1. The third-order valence-electron chi connectivity index (χ3n) is 5.40. The second-order valence-corrected chi connectivity index (χ2v) is 7.93. The van der Waals surface area contributed by atoms with Gasteiger partial charge in [-0.05, 0) is 36.4 Å². The maximum absolute atomic E-state index is 11.7. The van der Waals surface area contributed by atoms with Crippen molar-refractivity contribution >= 4 is 34.4 Å². The number of ether oxygens (including phenoxy) is 1. The number of morpholine rings is 1. The number of hydrogen-bond donors (Lipinski definition) is 1. The van der Waals surface area contributed by atoms with Gasteiger partial charge in [-0.25, -0.2) is 15.0 Å². The molecule has 2 aromatic heterocycles. The first-order valence-electron chi connectivity index (χ1n) is 10.3. The Kier molecular flexibility index (Phi) is 5.43. The molecule has 1 aliphatic rings. The van der Waals surface area contributed by atoms with Crippen molar-refractivity contribution in [2.24, 2.45) is 5.73 Å². The first kappa shape index (κ1) is 20.4. The average molecular weight is 446 g/mol. The number of carbonyl (C=O) groups is 1. The van der Waals surface area contributed by atoms with E-state index in [-0.39, 0.29) is 0 Å². The van der Waals surface area contributed by atoms with Crippen LogP contribution in [0.3, 0.4) is 0 Å². The highest BCUT2D eigenvalue weighted by molar-refractivity contribution is 6.30. The number of hydrogen-bond acceptors (Lipinski definition) is 6. The zero-order valence-electron chi connectivity index (χ0n) is 17.2. The summed E-state index contributed by atoms with van der Waals surface area (Å²) in [5.74, 6) is 0.792. The monoisotopic (exact) mass is 445 g/mol. The molecule has 1 amide bonds. The molecule has 0 unspecified atom stereocenters. The Morgan fingerprint density at radius 3 is 2.47 bits per heavy atom. The maximum Gasteiger partial charge on any atom is 0.248 e. The number of primary amides is 1. The van der Waals surface area contributed by atoms with E-state index < -0.39 is 5.91 Å². The Balaban J connectivity index is 1.68. The van der Waals surface area contributed by atoms with Crippen molar-refractivity contribution in [1.82, 2.24) is 15.0 Å². The van der Waals surface area contributed by atoms with Crippen molar-refractivity contribution in [2.75, 3.05) is 31.2 Å². The van der Waals surface area contributed by atoms with E-state index in [0.717, 1.165) is 35.6 Å². The summed E-state index contributed by atoms with van der Waals surface area (Å²) in [6.07, 6.45) is 0. The summed E-state index contributed by atoms with van der Waals surface area (Å²) >= 11 is 6.03. The minimum absolute atomic E-state index is 0.405. The minimum Gasteiger partial charge on any atom is -0.378 e.